The average molecular weight is 357 g/mol. The highest BCUT2D eigenvalue weighted by Crippen LogP contribution is 2.24. The van der Waals surface area contributed by atoms with E-state index in [9.17, 15) is 14.4 Å². The number of morpholine rings is 1. The quantitative estimate of drug-likeness (QED) is 0.817. The van der Waals surface area contributed by atoms with Crippen LogP contribution < -0.4 is 15.4 Å². The van der Waals surface area contributed by atoms with E-state index in [4.69, 9.17) is 4.74 Å². The molecule has 0 radical (unpaired) electrons. The van der Waals surface area contributed by atoms with Gasteiger partial charge in [0.05, 0.1) is 18.4 Å². The standard InChI is InChI=1S/C18H20FN5O2/c1-22-7-6-21-17(18(22)25)23(2)11-13-12-24(8-9-26-13)16-5-3-4-15(19)14(16)10-20/h3-7,13H,8-9,11-12H2,1-2H3/t13-/m1/s1. The number of nitrogens with zero attached hydrogens (tertiary/aromatic N) is 5. The lowest BCUT2D eigenvalue weighted by Gasteiger charge is -2.36. The second-order valence-corrected chi connectivity index (χ2v) is 6.23. The highest BCUT2D eigenvalue weighted by atomic mass is 19.1. The number of nitriles is 1. The molecule has 1 aliphatic rings. The summed E-state index contributed by atoms with van der Waals surface area (Å²) in [4.78, 5) is 20.0. The van der Waals surface area contributed by atoms with Gasteiger partial charge in [0.1, 0.15) is 17.4 Å². The van der Waals surface area contributed by atoms with E-state index in [2.05, 4.69) is 4.98 Å². The number of aryl methyl sites for hydroxylation is 1. The van der Waals surface area contributed by atoms with Crippen LogP contribution >= 0.6 is 0 Å². The first-order chi connectivity index (χ1) is 12.5. The predicted octanol–water partition coefficient (Wildman–Crippen LogP) is 1.13. The highest BCUT2D eigenvalue weighted by Gasteiger charge is 2.25. The first kappa shape index (κ1) is 17.9. The number of rotatable bonds is 4. The Labute approximate surface area is 150 Å². The van der Waals surface area contributed by atoms with Crippen LogP contribution in [-0.2, 0) is 11.8 Å². The van der Waals surface area contributed by atoms with Crippen molar-refractivity contribution in [2.45, 2.75) is 6.10 Å². The van der Waals surface area contributed by atoms with E-state index in [0.717, 1.165) is 0 Å². The molecule has 7 nitrogen and oxygen atoms in total. The number of ether oxygens (including phenoxy) is 1. The van der Waals surface area contributed by atoms with Gasteiger partial charge in [-0.15, -0.1) is 0 Å². The van der Waals surface area contributed by atoms with Crippen LogP contribution in [0.4, 0.5) is 15.9 Å². The van der Waals surface area contributed by atoms with Gasteiger partial charge in [-0.1, -0.05) is 6.07 Å². The molecule has 136 valence electrons. The molecule has 0 N–H and O–H groups in total. The monoisotopic (exact) mass is 357 g/mol. The van der Waals surface area contributed by atoms with Crippen molar-refractivity contribution in [1.82, 2.24) is 9.55 Å². The predicted molar refractivity (Wildman–Crippen MR) is 95.8 cm³/mol. The van der Waals surface area contributed by atoms with Gasteiger partial charge in [-0.2, -0.15) is 5.26 Å². The number of hydrogen-bond donors (Lipinski definition) is 0. The number of halogens is 1. The van der Waals surface area contributed by atoms with Crippen molar-refractivity contribution >= 4 is 11.5 Å². The molecule has 1 atom stereocenters. The molecule has 1 aromatic carbocycles. The molecule has 1 fully saturated rings. The van der Waals surface area contributed by atoms with E-state index in [-0.39, 0.29) is 17.2 Å². The van der Waals surface area contributed by atoms with E-state index in [1.165, 1.54) is 10.6 Å². The fourth-order valence-electron chi connectivity index (χ4n) is 3.07. The van der Waals surface area contributed by atoms with Gasteiger partial charge in [0.15, 0.2) is 5.82 Å². The number of likely N-dealkylation sites (N-methyl/N-ethyl adjacent to an activating group) is 1. The third-order valence-corrected chi connectivity index (χ3v) is 4.42. The van der Waals surface area contributed by atoms with Crippen LogP contribution in [0.2, 0.25) is 0 Å². The van der Waals surface area contributed by atoms with Crippen LogP contribution in [0.1, 0.15) is 5.56 Å². The first-order valence-corrected chi connectivity index (χ1v) is 8.29. The molecule has 26 heavy (non-hydrogen) atoms. The molecule has 0 bridgehead atoms. The minimum Gasteiger partial charge on any atom is -0.373 e. The zero-order valence-electron chi connectivity index (χ0n) is 14.7. The Morgan fingerprint density at radius 1 is 1.50 bits per heavy atom. The van der Waals surface area contributed by atoms with E-state index >= 15 is 0 Å². The van der Waals surface area contributed by atoms with Crippen LogP contribution in [0.15, 0.2) is 35.4 Å². The van der Waals surface area contributed by atoms with Crippen LogP contribution in [0.25, 0.3) is 0 Å². The van der Waals surface area contributed by atoms with Crippen molar-refractivity contribution in [3.63, 3.8) is 0 Å². The van der Waals surface area contributed by atoms with Gasteiger partial charge in [-0.25, -0.2) is 9.37 Å². The minimum absolute atomic E-state index is 0.0418. The fraction of sp³-hybridized carbons (Fsp3) is 0.389. The van der Waals surface area contributed by atoms with Crippen molar-refractivity contribution in [3.8, 4) is 6.07 Å². The fourth-order valence-corrected chi connectivity index (χ4v) is 3.07. The summed E-state index contributed by atoms with van der Waals surface area (Å²) in [6, 6.07) is 6.55. The third-order valence-electron chi connectivity index (χ3n) is 4.42. The molecule has 1 saturated heterocycles. The van der Waals surface area contributed by atoms with Gasteiger partial charge < -0.3 is 19.1 Å². The maximum absolute atomic E-state index is 13.9. The van der Waals surface area contributed by atoms with Crippen LogP contribution in [0.3, 0.4) is 0 Å². The highest BCUT2D eigenvalue weighted by molar-refractivity contribution is 5.60. The Morgan fingerprint density at radius 3 is 3.08 bits per heavy atom. The molecular formula is C18H20FN5O2. The van der Waals surface area contributed by atoms with E-state index in [0.29, 0.717) is 37.7 Å². The zero-order chi connectivity index (χ0) is 18.7. The molecular weight excluding hydrogens is 337 g/mol. The molecule has 0 spiro atoms. The van der Waals surface area contributed by atoms with Gasteiger partial charge in [-0.3, -0.25) is 4.79 Å². The number of aromatic nitrogens is 2. The molecule has 2 heterocycles. The molecule has 1 aliphatic heterocycles. The minimum atomic E-state index is -0.526. The number of hydrogen-bond acceptors (Lipinski definition) is 6. The van der Waals surface area contributed by atoms with Crippen molar-refractivity contribution in [3.05, 3.63) is 52.3 Å². The lowest BCUT2D eigenvalue weighted by molar-refractivity contribution is 0.0457. The van der Waals surface area contributed by atoms with E-state index in [1.54, 1.807) is 43.5 Å². The SMILES string of the molecule is CN(C[C@@H]1CN(c2cccc(F)c2C#N)CCO1)c1nccn(C)c1=O. The molecule has 3 rings (SSSR count). The summed E-state index contributed by atoms with van der Waals surface area (Å²) in [5, 5.41) is 9.24. The van der Waals surface area contributed by atoms with Gasteiger partial charge in [0.2, 0.25) is 0 Å². The second-order valence-electron chi connectivity index (χ2n) is 6.23. The van der Waals surface area contributed by atoms with Gasteiger partial charge >= 0.3 is 0 Å². The Balaban J connectivity index is 1.75. The van der Waals surface area contributed by atoms with Gasteiger partial charge in [0.25, 0.3) is 5.56 Å². The maximum atomic E-state index is 13.9. The van der Waals surface area contributed by atoms with E-state index in [1.807, 2.05) is 11.0 Å². The molecule has 0 unspecified atom stereocenters. The molecule has 8 heteroatoms. The molecule has 0 aliphatic carbocycles. The van der Waals surface area contributed by atoms with E-state index < -0.39 is 5.82 Å². The first-order valence-electron chi connectivity index (χ1n) is 8.29. The summed E-state index contributed by atoms with van der Waals surface area (Å²) < 4.78 is 21.2. The van der Waals surface area contributed by atoms with Crippen molar-refractivity contribution in [2.24, 2.45) is 7.05 Å². The maximum Gasteiger partial charge on any atom is 0.293 e. The molecule has 0 amide bonds. The summed E-state index contributed by atoms with van der Waals surface area (Å²) >= 11 is 0. The Hall–Kier alpha value is -2.92. The Kier molecular flexibility index (Phi) is 5.19. The van der Waals surface area contributed by atoms with Crippen molar-refractivity contribution in [1.29, 1.82) is 5.26 Å². The van der Waals surface area contributed by atoms with Gasteiger partial charge in [-0.05, 0) is 12.1 Å². The molecule has 1 aromatic heterocycles. The lowest BCUT2D eigenvalue weighted by Crippen LogP contribution is -2.48. The lowest BCUT2D eigenvalue weighted by atomic mass is 10.1. The Morgan fingerprint density at radius 2 is 2.31 bits per heavy atom. The van der Waals surface area contributed by atoms with Gasteiger partial charge in [0, 0.05) is 46.1 Å². The largest absolute Gasteiger partial charge is 0.373 e. The zero-order valence-corrected chi connectivity index (χ0v) is 14.7. The second kappa shape index (κ2) is 7.54. The molecule has 2 aromatic rings. The Bertz CT molecular complexity index is 892. The topological polar surface area (TPSA) is 74.4 Å². The van der Waals surface area contributed by atoms with Crippen LogP contribution in [0.5, 0.6) is 0 Å². The normalized spacial score (nSPS) is 17.0. The summed E-state index contributed by atoms with van der Waals surface area (Å²) in [6.07, 6.45) is 2.98. The summed E-state index contributed by atoms with van der Waals surface area (Å²) in [7, 11) is 3.46. The van der Waals surface area contributed by atoms with Crippen LogP contribution in [-0.4, -0.2) is 48.9 Å². The summed E-state index contributed by atoms with van der Waals surface area (Å²) in [5.74, 6) is -0.179. The summed E-state index contributed by atoms with van der Waals surface area (Å²) in [5.41, 5.74) is 0.428. The number of benzene rings is 1. The van der Waals surface area contributed by atoms with Crippen molar-refractivity contribution in [2.75, 3.05) is 43.1 Å². The molecule has 0 saturated carbocycles. The van der Waals surface area contributed by atoms with Crippen molar-refractivity contribution < 1.29 is 9.13 Å². The van der Waals surface area contributed by atoms with Crippen LogP contribution in [0, 0.1) is 17.1 Å². The third kappa shape index (κ3) is 3.53. The average Bonchev–Trinajstić information content (AvgIpc) is 2.64. The smallest absolute Gasteiger partial charge is 0.293 e. The summed E-state index contributed by atoms with van der Waals surface area (Å²) in [6.45, 7) is 1.99. The number of anilines is 2.